The number of rotatable bonds is 11. The Balaban J connectivity index is -0.000000329. The smallest absolute Gasteiger partial charge is 0.264 e. The Bertz CT molecular complexity index is 339. The van der Waals surface area contributed by atoms with Crippen LogP contribution in [0.25, 0.3) is 0 Å². The number of hydrogen-bond acceptors (Lipinski definition) is 3. The number of carboxylic acids is 1. The third kappa shape index (κ3) is 61.0. The van der Waals surface area contributed by atoms with Crippen LogP contribution in [0, 0.1) is 0 Å². The van der Waals surface area contributed by atoms with Crippen molar-refractivity contribution < 1.29 is 27.4 Å². The second-order valence-corrected chi connectivity index (χ2v) is 7.07. The quantitative estimate of drug-likeness (QED) is 0.221. The number of aliphatic carboxylic acids is 1. The summed E-state index contributed by atoms with van der Waals surface area (Å²) in [6.07, 6.45) is 15.6. The molecular formula is C15H31NaO6S. The maximum Gasteiger partial charge on any atom is 0.394 e. The summed E-state index contributed by atoms with van der Waals surface area (Å²) in [6, 6.07) is 0. The third-order valence-electron chi connectivity index (χ3n) is 2.88. The molecule has 0 amide bonds. The first-order valence-corrected chi connectivity index (χ1v) is 11.0. The first-order valence-electron chi connectivity index (χ1n) is 8.24. The van der Waals surface area contributed by atoms with Crippen molar-refractivity contribution in [2.45, 2.75) is 74.8 Å². The van der Waals surface area contributed by atoms with Gasteiger partial charge in [0, 0.05) is 6.08 Å². The van der Waals surface area contributed by atoms with Crippen molar-refractivity contribution in [2.75, 3.05) is 0 Å². The van der Waals surface area contributed by atoms with Gasteiger partial charge in [0.2, 0.25) is 0 Å². The summed E-state index contributed by atoms with van der Waals surface area (Å²) in [4.78, 5) is 9.25. The van der Waals surface area contributed by atoms with Crippen molar-refractivity contribution in [3.63, 3.8) is 0 Å². The molecule has 0 fully saturated rings. The standard InChI is InChI=1S/C12H25.C3H4O2.Na.H2O4S/c1-3-5-7-9-11-12-10-8-6-4-2;1-2-3(4)5;;1-5(2,3)4/h1,3-12H2,2H3;2H,1H2,(H,4,5);;(H2,1,2,3,4). The Morgan fingerprint density at radius 3 is 1.43 bits per heavy atom. The van der Waals surface area contributed by atoms with Crippen molar-refractivity contribution in [1.82, 2.24) is 0 Å². The zero-order valence-corrected chi connectivity index (χ0v) is 17.4. The second kappa shape index (κ2) is 22.1. The predicted molar refractivity (Wildman–Crippen MR) is 94.4 cm³/mol. The van der Waals surface area contributed by atoms with Crippen LogP contribution in [0.2, 0.25) is 3.67 Å². The van der Waals surface area contributed by atoms with Gasteiger partial charge in [0.15, 0.2) is 0 Å². The third-order valence-corrected chi connectivity index (χ3v) is 3.59. The molecule has 0 aliphatic carbocycles. The SMILES string of the molecule is C=CC(=O)O.CCCCCCCCCCC[CH2][Na].O=S(=O)(O)O. The second-order valence-electron chi connectivity index (χ2n) is 5.17. The molecule has 0 aromatic rings. The Hall–Kier alpha value is 0.0800. The van der Waals surface area contributed by atoms with Gasteiger partial charge in [0.25, 0.3) is 0 Å². The molecule has 8 heteroatoms. The monoisotopic (exact) mass is 362 g/mol. The molecule has 0 heterocycles. The molecule has 0 aromatic carbocycles. The van der Waals surface area contributed by atoms with Gasteiger partial charge in [-0.05, 0) is 0 Å². The number of hydrogen-bond donors (Lipinski definition) is 3. The number of carbonyl (C=O) groups is 1. The molecule has 0 saturated heterocycles. The molecule has 0 unspecified atom stereocenters. The molecule has 6 nitrogen and oxygen atoms in total. The summed E-state index contributed by atoms with van der Waals surface area (Å²) in [5, 5.41) is 7.60. The van der Waals surface area contributed by atoms with E-state index in [0.29, 0.717) is 0 Å². The minimum absolute atomic E-state index is 0.833. The van der Waals surface area contributed by atoms with Crippen LogP contribution < -0.4 is 0 Å². The van der Waals surface area contributed by atoms with Crippen LogP contribution >= 0.6 is 0 Å². The van der Waals surface area contributed by atoms with Gasteiger partial charge < -0.3 is 5.11 Å². The summed E-state index contributed by atoms with van der Waals surface area (Å²) < 4.78 is 33.1. The molecule has 0 bridgehead atoms. The Labute approximate surface area is 158 Å². The van der Waals surface area contributed by atoms with E-state index in [1.165, 1.54) is 95.8 Å². The zero-order valence-electron chi connectivity index (χ0n) is 14.5. The molecule has 0 rings (SSSR count). The fourth-order valence-electron chi connectivity index (χ4n) is 1.74. The van der Waals surface area contributed by atoms with Gasteiger partial charge in [-0.3, -0.25) is 9.11 Å². The zero-order chi connectivity index (χ0) is 18.6. The summed E-state index contributed by atoms with van der Waals surface area (Å²) in [6.45, 7) is 5.25. The van der Waals surface area contributed by atoms with Crippen molar-refractivity contribution in [3.05, 3.63) is 12.7 Å². The molecule has 0 spiro atoms. The fourth-order valence-corrected chi connectivity index (χ4v) is 2.24. The molecule has 0 aliphatic heterocycles. The Morgan fingerprint density at radius 2 is 1.22 bits per heavy atom. The van der Waals surface area contributed by atoms with Crippen LogP contribution in [0.1, 0.15) is 71.1 Å². The van der Waals surface area contributed by atoms with Gasteiger partial charge in [-0.25, -0.2) is 4.79 Å². The molecule has 0 radical (unpaired) electrons. The van der Waals surface area contributed by atoms with Crippen LogP contribution in [-0.2, 0) is 15.2 Å². The van der Waals surface area contributed by atoms with E-state index >= 15 is 0 Å². The van der Waals surface area contributed by atoms with E-state index in [0.717, 1.165) is 6.08 Å². The van der Waals surface area contributed by atoms with Crippen LogP contribution in [0.3, 0.4) is 0 Å². The van der Waals surface area contributed by atoms with E-state index in [1.54, 1.807) is 0 Å². The normalized spacial score (nSPS) is 9.96. The molecule has 0 aromatic heterocycles. The summed E-state index contributed by atoms with van der Waals surface area (Å²) in [7, 11) is -4.67. The van der Waals surface area contributed by atoms with E-state index in [1.807, 2.05) is 0 Å². The number of unbranched alkanes of at least 4 members (excludes halogenated alkanes) is 9. The van der Waals surface area contributed by atoms with Crippen molar-refractivity contribution in [3.8, 4) is 0 Å². The van der Waals surface area contributed by atoms with Crippen molar-refractivity contribution in [2.24, 2.45) is 0 Å². The predicted octanol–water partition coefficient (Wildman–Crippen LogP) is 4.10. The fraction of sp³-hybridized carbons (Fsp3) is 0.800. The summed E-state index contributed by atoms with van der Waals surface area (Å²) in [5.41, 5.74) is 0. The molecule has 0 atom stereocenters. The maximum absolute atomic E-state index is 9.25. The van der Waals surface area contributed by atoms with Crippen LogP contribution in [0.4, 0.5) is 0 Å². The average Bonchev–Trinajstić information content (AvgIpc) is 2.44. The molecule has 0 aliphatic rings. The van der Waals surface area contributed by atoms with Crippen LogP contribution in [0.15, 0.2) is 12.7 Å². The van der Waals surface area contributed by atoms with Gasteiger partial charge in [-0.2, -0.15) is 8.42 Å². The first-order chi connectivity index (χ1) is 10.7. The average molecular weight is 362 g/mol. The van der Waals surface area contributed by atoms with E-state index in [2.05, 4.69) is 13.5 Å². The van der Waals surface area contributed by atoms with Gasteiger partial charge in [-0.15, -0.1) is 0 Å². The van der Waals surface area contributed by atoms with Gasteiger partial charge in [0.1, 0.15) is 0 Å². The molecule has 23 heavy (non-hydrogen) atoms. The first kappa shape index (κ1) is 27.9. The Kier molecular flexibility index (Phi) is 26.8. The van der Waals surface area contributed by atoms with E-state index in [9.17, 15) is 4.79 Å². The summed E-state index contributed by atoms with van der Waals surface area (Å²) >= 11 is 1.41. The topological polar surface area (TPSA) is 112 Å². The summed E-state index contributed by atoms with van der Waals surface area (Å²) in [5.74, 6) is -0.981. The van der Waals surface area contributed by atoms with Crippen LogP contribution in [-0.4, -0.2) is 56.5 Å². The van der Waals surface area contributed by atoms with Crippen molar-refractivity contribution in [1.29, 1.82) is 0 Å². The molecule has 3 N–H and O–H groups in total. The van der Waals surface area contributed by atoms with Crippen molar-refractivity contribution >= 4 is 44.3 Å². The minimum atomic E-state index is -4.67. The van der Waals surface area contributed by atoms with E-state index < -0.39 is 16.4 Å². The maximum atomic E-state index is 9.25. The van der Waals surface area contributed by atoms with E-state index in [-0.39, 0.29) is 0 Å². The van der Waals surface area contributed by atoms with Gasteiger partial charge >= 0.3 is 119 Å². The molecule has 134 valence electrons. The minimum Gasteiger partial charge on any atom is -0.264 e. The van der Waals surface area contributed by atoms with Gasteiger partial charge in [-0.1, -0.05) is 6.58 Å². The Morgan fingerprint density at radius 1 is 0.957 bits per heavy atom. The largest absolute Gasteiger partial charge is 0.394 e. The van der Waals surface area contributed by atoms with Crippen LogP contribution in [0.5, 0.6) is 0 Å². The number of carboxylic acid groups (broad SMARTS) is 1. The molecule has 0 saturated carbocycles. The van der Waals surface area contributed by atoms with Gasteiger partial charge in [0.05, 0.1) is 0 Å². The molecular weight excluding hydrogens is 331 g/mol. The van der Waals surface area contributed by atoms with E-state index in [4.69, 9.17) is 22.6 Å².